The van der Waals surface area contributed by atoms with Crippen molar-refractivity contribution >= 4 is 23.5 Å². The van der Waals surface area contributed by atoms with E-state index >= 15 is 0 Å². The average Bonchev–Trinajstić information content (AvgIpc) is 2.98. The highest BCUT2D eigenvalue weighted by Gasteiger charge is 2.33. The predicted octanol–water partition coefficient (Wildman–Crippen LogP) is 6.31. The molecule has 2 aliphatic heterocycles. The van der Waals surface area contributed by atoms with Crippen LogP contribution in [0.2, 0.25) is 0 Å². The van der Waals surface area contributed by atoms with Gasteiger partial charge < -0.3 is 10.5 Å². The van der Waals surface area contributed by atoms with E-state index in [0.717, 1.165) is 46.7 Å². The van der Waals surface area contributed by atoms with E-state index in [1.54, 1.807) is 0 Å². The molecular formula is C33H35N3O3. The van der Waals surface area contributed by atoms with E-state index in [-0.39, 0.29) is 18.6 Å². The topological polar surface area (TPSA) is 85.0 Å². The summed E-state index contributed by atoms with van der Waals surface area (Å²) in [5.41, 5.74) is 13.9. The third-order valence-electron chi connectivity index (χ3n) is 7.75. The van der Waals surface area contributed by atoms with Crippen molar-refractivity contribution < 1.29 is 14.3 Å². The lowest BCUT2D eigenvalue weighted by atomic mass is 9.82. The highest BCUT2D eigenvalue weighted by Crippen LogP contribution is 2.42. The molecule has 1 amide bonds. The molecule has 6 nitrogen and oxygen atoms in total. The van der Waals surface area contributed by atoms with Crippen molar-refractivity contribution in [2.45, 2.75) is 58.5 Å². The highest BCUT2D eigenvalue weighted by molar-refractivity contribution is 6.12. The van der Waals surface area contributed by atoms with Crippen molar-refractivity contribution in [2.24, 2.45) is 22.6 Å². The molecule has 0 aromatic heterocycles. The average molecular weight is 522 g/mol. The first kappa shape index (κ1) is 26.5. The van der Waals surface area contributed by atoms with Crippen LogP contribution in [-0.2, 0) is 16.2 Å². The number of hydrogen-bond donors (Lipinski definition) is 1. The van der Waals surface area contributed by atoms with Crippen molar-refractivity contribution in [3.8, 4) is 5.75 Å². The molecule has 1 aliphatic carbocycles. The number of amides is 1. The molecule has 1 fully saturated rings. The number of nitrogens with zero attached hydrogens (tertiary/aromatic N) is 2. The van der Waals surface area contributed by atoms with Gasteiger partial charge in [-0.15, -0.1) is 5.73 Å². The number of Topliss-reactive ketones (excluding diaryl/α,β-unsaturated/α-hetero) is 1. The van der Waals surface area contributed by atoms with E-state index in [4.69, 9.17) is 15.5 Å². The van der Waals surface area contributed by atoms with Crippen LogP contribution in [0.5, 0.6) is 5.75 Å². The number of fused-ring (bicyclic) bond motifs is 1. The molecule has 1 atom stereocenters. The van der Waals surface area contributed by atoms with Gasteiger partial charge in [0.15, 0.2) is 0 Å². The Bertz CT molecular complexity index is 1370. The maximum absolute atomic E-state index is 12.9. The Kier molecular flexibility index (Phi) is 8.24. The second-order valence-electron chi connectivity index (χ2n) is 10.4. The molecule has 5 rings (SSSR count). The van der Waals surface area contributed by atoms with Gasteiger partial charge in [0, 0.05) is 47.7 Å². The van der Waals surface area contributed by atoms with Gasteiger partial charge in [0.2, 0.25) is 5.91 Å². The lowest BCUT2D eigenvalue weighted by molar-refractivity contribution is -0.125. The summed E-state index contributed by atoms with van der Waals surface area (Å²) < 4.78 is 6.01. The van der Waals surface area contributed by atoms with Crippen molar-refractivity contribution in [1.82, 2.24) is 4.90 Å². The van der Waals surface area contributed by atoms with Gasteiger partial charge in [0.1, 0.15) is 24.0 Å². The number of carbonyl (C=O) groups excluding carboxylic acids is 2. The second-order valence-corrected chi connectivity index (χ2v) is 10.4. The summed E-state index contributed by atoms with van der Waals surface area (Å²) in [4.78, 5) is 31.1. The first-order valence-corrected chi connectivity index (χ1v) is 13.8. The summed E-state index contributed by atoms with van der Waals surface area (Å²) in [5, 5.41) is 0. The Morgan fingerprint density at radius 2 is 1.79 bits per heavy atom. The van der Waals surface area contributed by atoms with Crippen LogP contribution in [0.1, 0.15) is 63.0 Å². The Hall–Kier alpha value is -4.15. The zero-order valence-corrected chi connectivity index (χ0v) is 22.4. The molecule has 39 heavy (non-hydrogen) atoms. The fourth-order valence-electron chi connectivity index (χ4n) is 5.55. The summed E-state index contributed by atoms with van der Waals surface area (Å²) in [6, 6.07) is 18.4. The fourth-order valence-corrected chi connectivity index (χ4v) is 5.55. The number of rotatable bonds is 10. The van der Waals surface area contributed by atoms with Crippen LogP contribution in [0.25, 0.3) is 5.57 Å². The fraction of sp³-hybridized carbons (Fsp3) is 0.333. The number of nitrogens with two attached hydrogens (primary N) is 1. The van der Waals surface area contributed by atoms with E-state index in [9.17, 15) is 9.59 Å². The molecule has 0 radical (unpaired) electrons. The van der Waals surface area contributed by atoms with Gasteiger partial charge >= 0.3 is 0 Å². The molecule has 1 saturated carbocycles. The zero-order valence-electron chi connectivity index (χ0n) is 22.4. The van der Waals surface area contributed by atoms with Crippen LogP contribution in [0.3, 0.4) is 0 Å². The van der Waals surface area contributed by atoms with Gasteiger partial charge in [-0.05, 0) is 42.2 Å². The van der Waals surface area contributed by atoms with Gasteiger partial charge in [0.25, 0.3) is 0 Å². The molecule has 0 bridgehead atoms. The van der Waals surface area contributed by atoms with E-state index in [1.807, 2.05) is 55.7 Å². The minimum Gasteiger partial charge on any atom is -0.489 e. The van der Waals surface area contributed by atoms with Crippen LogP contribution in [0.4, 0.5) is 0 Å². The molecular weight excluding hydrogens is 486 g/mol. The summed E-state index contributed by atoms with van der Waals surface area (Å²) in [5.74, 6) is 1.08. The first-order valence-electron chi connectivity index (χ1n) is 13.8. The molecule has 0 unspecified atom stereocenters. The largest absolute Gasteiger partial charge is 0.489 e. The SMILES string of the molecule is C[C@@H](C(=O)CCC(N)=O)C1=C2N=CC(c3ccc(OCc4ccccc4)cc3)=C(C3CCCCC3)N2C=C=C1. The van der Waals surface area contributed by atoms with E-state index in [2.05, 4.69) is 34.9 Å². The van der Waals surface area contributed by atoms with Gasteiger partial charge in [-0.2, -0.15) is 0 Å². The van der Waals surface area contributed by atoms with E-state index < -0.39 is 11.8 Å². The molecule has 0 spiro atoms. The summed E-state index contributed by atoms with van der Waals surface area (Å²) in [6.07, 6.45) is 11.8. The monoisotopic (exact) mass is 521 g/mol. The number of ether oxygens (including phenoxy) is 1. The Morgan fingerprint density at radius 3 is 2.51 bits per heavy atom. The smallest absolute Gasteiger partial charge is 0.217 e. The summed E-state index contributed by atoms with van der Waals surface area (Å²) >= 11 is 0. The number of carbonyl (C=O) groups is 2. The molecule has 200 valence electrons. The van der Waals surface area contributed by atoms with Gasteiger partial charge in [-0.3, -0.25) is 14.5 Å². The van der Waals surface area contributed by atoms with Gasteiger partial charge in [0.05, 0.1) is 6.20 Å². The van der Waals surface area contributed by atoms with E-state index in [1.165, 1.54) is 25.0 Å². The molecule has 2 heterocycles. The lowest BCUT2D eigenvalue weighted by Crippen LogP contribution is -2.30. The maximum atomic E-state index is 12.9. The first-order chi connectivity index (χ1) is 19.0. The van der Waals surface area contributed by atoms with Gasteiger partial charge in [-0.25, -0.2) is 4.99 Å². The Labute approximate surface area is 230 Å². The molecule has 2 aromatic rings. The Balaban J connectivity index is 1.44. The number of benzene rings is 2. The second kappa shape index (κ2) is 12.1. The number of allylic oxidation sites excluding steroid dienone is 4. The Morgan fingerprint density at radius 1 is 1.05 bits per heavy atom. The minimum atomic E-state index is -0.465. The van der Waals surface area contributed by atoms with Crippen LogP contribution < -0.4 is 10.5 Å². The molecule has 6 heteroatoms. The summed E-state index contributed by atoms with van der Waals surface area (Å²) in [6.45, 7) is 2.40. The number of primary amides is 1. The standard InChI is InChI=1S/C33H35N3O3/c1-23(30(37)18-19-31(34)38)28-13-8-20-36-32(26-11-6-3-7-12-26)29(21-35-33(28)36)25-14-16-27(17-15-25)39-22-24-9-4-2-5-10-24/h2,4-5,9-10,13-17,20-21,23,26H,3,6-7,11-12,18-19,22H2,1H3,(H2,34,38)/t23-/m1/s1. The minimum absolute atomic E-state index is 0.0218. The number of ketones is 1. The number of aliphatic imine (C=N–C) groups is 1. The van der Waals surface area contributed by atoms with Crippen LogP contribution >= 0.6 is 0 Å². The van der Waals surface area contributed by atoms with E-state index in [0.29, 0.717) is 12.5 Å². The highest BCUT2D eigenvalue weighted by atomic mass is 16.5. The molecule has 2 N–H and O–H groups in total. The third kappa shape index (κ3) is 6.13. The zero-order chi connectivity index (χ0) is 27.2. The molecule has 2 aromatic carbocycles. The quantitative estimate of drug-likeness (QED) is 0.372. The van der Waals surface area contributed by atoms with Crippen LogP contribution in [-0.4, -0.2) is 22.8 Å². The van der Waals surface area contributed by atoms with Crippen molar-refractivity contribution in [1.29, 1.82) is 0 Å². The van der Waals surface area contributed by atoms with Crippen molar-refractivity contribution in [3.05, 3.63) is 101 Å². The van der Waals surface area contributed by atoms with Crippen LogP contribution in [0.15, 0.2) is 94.7 Å². The molecule has 3 aliphatic rings. The van der Waals surface area contributed by atoms with Gasteiger partial charge in [-0.1, -0.05) is 68.7 Å². The maximum Gasteiger partial charge on any atom is 0.217 e. The van der Waals surface area contributed by atoms with Crippen molar-refractivity contribution in [3.63, 3.8) is 0 Å². The van der Waals surface area contributed by atoms with Crippen LogP contribution in [0, 0.1) is 11.8 Å². The summed E-state index contributed by atoms with van der Waals surface area (Å²) in [7, 11) is 0. The lowest BCUT2D eigenvalue weighted by Gasteiger charge is -2.37. The predicted molar refractivity (Wildman–Crippen MR) is 153 cm³/mol. The van der Waals surface area contributed by atoms with Crippen molar-refractivity contribution in [2.75, 3.05) is 0 Å². The third-order valence-corrected chi connectivity index (χ3v) is 7.75. The number of hydrogen-bond acceptors (Lipinski definition) is 5. The molecule has 0 saturated heterocycles. The normalized spacial score (nSPS) is 17.8.